The molecule has 8 heteroatoms. The van der Waals surface area contributed by atoms with Crippen LogP contribution in [0.15, 0.2) is 12.4 Å². The molecule has 1 saturated heterocycles. The minimum absolute atomic E-state index is 0.0294. The molecule has 1 unspecified atom stereocenters. The van der Waals surface area contributed by atoms with Gasteiger partial charge in [0.1, 0.15) is 5.00 Å². The number of nitrogens with zero attached hydrogens (tertiary/aromatic N) is 4. The fourth-order valence-electron chi connectivity index (χ4n) is 3.15. The largest absolute Gasteiger partial charge is 0.378 e. The van der Waals surface area contributed by atoms with Gasteiger partial charge in [0.25, 0.3) is 5.91 Å². The SMILES string of the molecule is CNc1snc(C)c1C(=O)N1CCCC1CC(=O)c1cnn(C)c1. The Kier molecular flexibility index (Phi) is 4.66. The number of anilines is 1. The van der Waals surface area contributed by atoms with Gasteiger partial charge in [-0.1, -0.05) is 0 Å². The number of carbonyl (C=O) groups excluding carboxylic acids is 2. The fraction of sp³-hybridized carbons (Fsp3) is 0.500. The van der Waals surface area contributed by atoms with Crippen LogP contribution in [-0.2, 0) is 7.05 Å². The van der Waals surface area contributed by atoms with E-state index in [4.69, 9.17) is 0 Å². The van der Waals surface area contributed by atoms with Crippen molar-refractivity contribution in [1.82, 2.24) is 19.1 Å². The topological polar surface area (TPSA) is 80.1 Å². The molecule has 1 aliphatic heterocycles. The molecule has 0 saturated carbocycles. The van der Waals surface area contributed by atoms with Gasteiger partial charge in [0.2, 0.25) is 0 Å². The summed E-state index contributed by atoms with van der Waals surface area (Å²) < 4.78 is 5.89. The van der Waals surface area contributed by atoms with Crippen molar-refractivity contribution < 1.29 is 9.59 Å². The molecule has 2 aromatic heterocycles. The van der Waals surface area contributed by atoms with E-state index in [1.807, 2.05) is 11.8 Å². The summed E-state index contributed by atoms with van der Waals surface area (Å²) in [6.45, 7) is 2.53. The number of aryl methyl sites for hydroxylation is 2. The molecule has 0 radical (unpaired) electrons. The monoisotopic (exact) mass is 347 g/mol. The Morgan fingerprint density at radius 2 is 2.25 bits per heavy atom. The predicted octanol–water partition coefficient (Wildman–Crippen LogP) is 2.10. The lowest BCUT2D eigenvalue weighted by atomic mass is 10.0. The standard InChI is InChI=1S/C16H21N5O2S/c1-10-14(15(17-2)24-19-10)16(23)21-6-4-5-12(21)7-13(22)11-8-18-20(3)9-11/h8-9,12,17H,4-7H2,1-3H3. The highest BCUT2D eigenvalue weighted by molar-refractivity contribution is 7.10. The van der Waals surface area contributed by atoms with Crippen LogP contribution in [0.4, 0.5) is 5.00 Å². The van der Waals surface area contributed by atoms with Crippen LogP contribution in [-0.4, -0.2) is 50.4 Å². The Hall–Kier alpha value is -2.22. The van der Waals surface area contributed by atoms with Crippen molar-refractivity contribution in [3.8, 4) is 0 Å². The third-order valence-corrected chi connectivity index (χ3v) is 5.35. The molecule has 2 aromatic rings. The van der Waals surface area contributed by atoms with E-state index in [2.05, 4.69) is 14.8 Å². The lowest BCUT2D eigenvalue weighted by molar-refractivity contribution is 0.0717. The number of aromatic nitrogens is 3. The number of carbonyl (C=O) groups is 2. The van der Waals surface area contributed by atoms with Crippen LogP contribution in [0.2, 0.25) is 0 Å². The van der Waals surface area contributed by atoms with E-state index in [0.29, 0.717) is 24.1 Å². The molecule has 1 atom stereocenters. The number of nitrogens with one attached hydrogen (secondary N) is 1. The molecule has 0 aromatic carbocycles. The van der Waals surface area contributed by atoms with E-state index in [1.165, 1.54) is 11.5 Å². The van der Waals surface area contributed by atoms with E-state index in [0.717, 1.165) is 23.5 Å². The van der Waals surface area contributed by atoms with Gasteiger partial charge in [0.15, 0.2) is 5.78 Å². The van der Waals surface area contributed by atoms with Crippen LogP contribution >= 0.6 is 11.5 Å². The van der Waals surface area contributed by atoms with Crippen molar-refractivity contribution in [2.75, 3.05) is 18.9 Å². The summed E-state index contributed by atoms with van der Waals surface area (Å²) in [6, 6.07) is -0.0609. The lowest BCUT2D eigenvalue weighted by Gasteiger charge is -2.24. The van der Waals surface area contributed by atoms with Gasteiger partial charge >= 0.3 is 0 Å². The highest BCUT2D eigenvalue weighted by Crippen LogP contribution is 2.30. The number of Topliss-reactive ketones (excluding diaryl/α,β-unsaturated/α-hetero) is 1. The molecular formula is C16H21N5O2S. The van der Waals surface area contributed by atoms with Crippen molar-refractivity contribution in [3.63, 3.8) is 0 Å². The van der Waals surface area contributed by atoms with E-state index < -0.39 is 0 Å². The molecule has 128 valence electrons. The second-order valence-corrected chi connectivity index (χ2v) is 6.82. The maximum atomic E-state index is 13.0. The molecule has 3 rings (SSSR count). The maximum Gasteiger partial charge on any atom is 0.259 e. The first-order chi connectivity index (χ1) is 11.5. The maximum absolute atomic E-state index is 13.0. The second-order valence-electron chi connectivity index (χ2n) is 6.05. The summed E-state index contributed by atoms with van der Waals surface area (Å²) in [5, 5.41) is 7.86. The van der Waals surface area contributed by atoms with Crippen LogP contribution in [0.5, 0.6) is 0 Å². The number of hydrogen-bond donors (Lipinski definition) is 1. The summed E-state index contributed by atoms with van der Waals surface area (Å²) in [5.41, 5.74) is 1.96. The molecule has 0 spiro atoms. The predicted molar refractivity (Wildman–Crippen MR) is 92.6 cm³/mol. The van der Waals surface area contributed by atoms with E-state index in [-0.39, 0.29) is 17.7 Å². The van der Waals surface area contributed by atoms with Gasteiger partial charge in [-0.2, -0.15) is 9.47 Å². The molecule has 3 heterocycles. The van der Waals surface area contributed by atoms with Crippen molar-refractivity contribution >= 4 is 28.2 Å². The number of ketones is 1. The van der Waals surface area contributed by atoms with Crippen LogP contribution in [0.1, 0.15) is 45.7 Å². The summed E-state index contributed by atoms with van der Waals surface area (Å²) in [7, 11) is 3.57. The Labute approximate surface area is 144 Å². The minimum atomic E-state index is -0.0609. The van der Waals surface area contributed by atoms with E-state index in [1.54, 1.807) is 31.2 Å². The number of hydrogen-bond acceptors (Lipinski definition) is 6. The van der Waals surface area contributed by atoms with E-state index >= 15 is 0 Å². The van der Waals surface area contributed by atoms with Gasteiger partial charge < -0.3 is 10.2 Å². The highest BCUT2D eigenvalue weighted by Gasteiger charge is 2.33. The first-order valence-electron chi connectivity index (χ1n) is 7.98. The second kappa shape index (κ2) is 6.72. The molecular weight excluding hydrogens is 326 g/mol. The van der Waals surface area contributed by atoms with Gasteiger partial charge in [-0.25, -0.2) is 0 Å². The molecule has 1 N–H and O–H groups in total. The minimum Gasteiger partial charge on any atom is -0.378 e. The van der Waals surface area contributed by atoms with E-state index in [9.17, 15) is 9.59 Å². The Balaban J connectivity index is 1.76. The Morgan fingerprint density at radius 1 is 1.46 bits per heavy atom. The number of amides is 1. The van der Waals surface area contributed by atoms with Gasteiger partial charge in [0, 0.05) is 39.3 Å². The number of rotatable bonds is 5. The van der Waals surface area contributed by atoms with Crippen molar-refractivity contribution in [3.05, 3.63) is 29.2 Å². The van der Waals surface area contributed by atoms with Gasteiger partial charge in [0.05, 0.1) is 23.0 Å². The Bertz CT molecular complexity index is 766. The third-order valence-electron chi connectivity index (χ3n) is 4.39. The van der Waals surface area contributed by atoms with Crippen LogP contribution in [0.3, 0.4) is 0 Å². The zero-order chi connectivity index (χ0) is 17.3. The third kappa shape index (κ3) is 3.06. The first kappa shape index (κ1) is 16.6. The molecule has 1 fully saturated rings. The summed E-state index contributed by atoms with van der Waals surface area (Å²) in [6.07, 6.45) is 5.40. The van der Waals surface area contributed by atoms with Crippen LogP contribution in [0, 0.1) is 6.92 Å². The normalized spacial score (nSPS) is 17.3. The zero-order valence-corrected chi connectivity index (χ0v) is 14.9. The zero-order valence-electron chi connectivity index (χ0n) is 14.1. The summed E-state index contributed by atoms with van der Waals surface area (Å²) in [5.74, 6) is -0.00566. The molecule has 0 aliphatic carbocycles. The van der Waals surface area contributed by atoms with Gasteiger partial charge in [-0.05, 0) is 31.3 Å². The quantitative estimate of drug-likeness (QED) is 0.838. The van der Waals surface area contributed by atoms with Crippen molar-refractivity contribution in [2.24, 2.45) is 7.05 Å². The lowest BCUT2D eigenvalue weighted by Crippen LogP contribution is -2.37. The smallest absolute Gasteiger partial charge is 0.259 e. The average Bonchev–Trinajstić information content (AvgIpc) is 3.26. The summed E-state index contributed by atoms with van der Waals surface area (Å²) in [4.78, 5) is 27.2. The molecule has 1 amide bonds. The van der Waals surface area contributed by atoms with Gasteiger partial charge in [-0.15, -0.1) is 0 Å². The van der Waals surface area contributed by atoms with Crippen molar-refractivity contribution in [1.29, 1.82) is 0 Å². The first-order valence-corrected chi connectivity index (χ1v) is 8.75. The van der Waals surface area contributed by atoms with Gasteiger partial charge in [-0.3, -0.25) is 14.3 Å². The molecule has 7 nitrogen and oxygen atoms in total. The molecule has 24 heavy (non-hydrogen) atoms. The average molecular weight is 347 g/mol. The Morgan fingerprint density at radius 3 is 2.92 bits per heavy atom. The highest BCUT2D eigenvalue weighted by atomic mass is 32.1. The molecule has 1 aliphatic rings. The summed E-state index contributed by atoms with van der Waals surface area (Å²) >= 11 is 1.29. The molecule has 0 bridgehead atoms. The van der Waals surface area contributed by atoms with Crippen LogP contribution < -0.4 is 5.32 Å². The fourth-order valence-corrected chi connectivity index (χ4v) is 3.89. The number of likely N-dealkylation sites (tertiary alicyclic amines) is 1. The van der Waals surface area contributed by atoms with Crippen LogP contribution in [0.25, 0.3) is 0 Å². The van der Waals surface area contributed by atoms with Crippen molar-refractivity contribution in [2.45, 2.75) is 32.2 Å².